The minimum Gasteiger partial charge on any atom is -0.339 e. The number of benzene rings is 2. The molecule has 0 fully saturated rings. The molecular weight excluding hydrogens is 210 g/mol. The van der Waals surface area contributed by atoms with Gasteiger partial charge in [0.1, 0.15) is 0 Å². The third-order valence-electron chi connectivity index (χ3n) is 2.82. The molecule has 0 saturated heterocycles. The predicted molar refractivity (Wildman–Crippen MR) is 70.4 cm³/mol. The smallest absolute Gasteiger partial charge is 0.202 e. The maximum absolute atomic E-state index is 11.8. The second kappa shape index (κ2) is 4.91. The number of nitrogens with zero attached hydrogens (tertiary/aromatic N) is 1. The van der Waals surface area contributed by atoms with Crippen molar-refractivity contribution in [3.63, 3.8) is 0 Å². The Morgan fingerprint density at radius 3 is 2.24 bits per heavy atom. The van der Waals surface area contributed by atoms with Crippen molar-refractivity contribution in [3.8, 4) is 5.75 Å². The lowest BCUT2D eigenvalue weighted by atomic mass is 10.2. The van der Waals surface area contributed by atoms with Gasteiger partial charge >= 0.3 is 0 Å². The van der Waals surface area contributed by atoms with E-state index in [0.29, 0.717) is 0 Å². The van der Waals surface area contributed by atoms with Crippen molar-refractivity contribution in [3.05, 3.63) is 54.1 Å². The van der Waals surface area contributed by atoms with Gasteiger partial charge in [0.05, 0.1) is 5.69 Å². The van der Waals surface area contributed by atoms with Gasteiger partial charge in [-0.2, -0.15) is 0 Å². The molecule has 17 heavy (non-hydrogen) atoms. The molecule has 0 aliphatic carbocycles. The van der Waals surface area contributed by atoms with Gasteiger partial charge in [0.15, 0.2) is 0 Å². The topological polar surface area (TPSA) is 23.1 Å². The summed E-state index contributed by atoms with van der Waals surface area (Å²) in [4.78, 5) is 2.03. The first-order valence-corrected chi connectivity index (χ1v) is 5.82. The first kappa shape index (κ1) is 11.5. The Hall–Kier alpha value is -1.96. The highest BCUT2D eigenvalue weighted by atomic mass is 16.3. The third-order valence-corrected chi connectivity index (χ3v) is 2.82. The second-order valence-electron chi connectivity index (χ2n) is 4.05. The maximum atomic E-state index is 11.8. The van der Waals surface area contributed by atoms with Crippen LogP contribution in [0.25, 0.3) is 0 Å². The van der Waals surface area contributed by atoms with E-state index in [1.807, 2.05) is 36.1 Å². The summed E-state index contributed by atoms with van der Waals surface area (Å²) in [6.45, 7) is 4.89. The predicted octanol–water partition coefficient (Wildman–Crippen LogP) is 4.30. The number of hydrogen-bond donors (Lipinski definition) is 0. The van der Waals surface area contributed by atoms with Gasteiger partial charge in [-0.1, -0.05) is 29.8 Å². The van der Waals surface area contributed by atoms with Crippen LogP contribution < -0.4 is 4.90 Å². The molecule has 0 spiro atoms. The number of anilines is 2. The minimum atomic E-state index is 0.0647. The minimum absolute atomic E-state index is 0.0647. The van der Waals surface area contributed by atoms with Crippen LogP contribution in [0.4, 0.5) is 11.4 Å². The molecule has 0 aliphatic heterocycles. The van der Waals surface area contributed by atoms with Crippen LogP contribution in [-0.4, -0.2) is 6.54 Å². The molecule has 2 nitrogen and oxygen atoms in total. The zero-order chi connectivity index (χ0) is 12.3. The fourth-order valence-corrected chi connectivity index (χ4v) is 1.90. The van der Waals surface area contributed by atoms with Crippen LogP contribution in [0.3, 0.4) is 0 Å². The summed E-state index contributed by atoms with van der Waals surface area (Å²) >= 11 is 0. The number of aryl methyl sites for hydroxylation is 1. The molecule has 2 rings (SSSR count). The van der Waals surface area contributed by atoms with Gasteiger partial charge in [0.25, 0.3) is 0 Å². The Balaban J connectivity index is 2.40. The van der Waals surface area contributed by atoms with Crippen LogP contribution in [-0.2, 0) is 5.11 Å². The third kappa shape index (κ3) is 2.41. The van der Waals surface area contributed by atoms with E-state index in [9.17, 15) is 5.11 Å². The van der Waals surface area contributed by atoms with Crippen molar-refractivity contribution in [2.24, 2.45) is 0 Å². The highest BCUT2D eigenvalue weighted by molar-refractivity contribution is 5.68. The summed E-state index contributed by atoms with van der Waals surface area (Å²) in [6.07, 6.45) is 0. The second-order valence-corrected chi connectivity index (χ2v) is 4.05. The first-order chi connectivity index (χ1) is 8.22. The van der Waals surface area contributed by atoms with E-state index in [1.165, 1.54) is 5.56 Å². The molecule has 0 unspecified atom stereocenters. The van der Waals surface area contributed by atoms with E-state index in [4.69, 9.17) is 0 Å². The molecule has 0 saturated carbocycles. The van der Waals surface area contributed by atoms with Gasteiger partial charge in [-0.25, -0.2) is 0 Å². The summed E-state index contributed by atoms with van der Waals surface area (Å²) < 4.78 is 0. The summed E-state index contributed by atoms with van der Waals surface area (Å²) in [5.74, 6) is 0.0647. The monoisotopic (exact) mass is 226 g/mol. The summed E-state index contributed by atoms with van der Waals surface area (Å²) in [5.41, 5.74) is 3.01. The molecule has 87 valence electrons. The number of para-hydroxylation sites is 2. The van der Waals surface area contributed by atoms with E-state index in [1.54, 1.807) is 12.1 Å². The molecule has 2 aromatic rings. The van der Waals surface area contributed by atoms with Crippen LogP contribution in [0.2, 0.25) is 0 Å². The lowest BCUT2D eigenvalue weighted by Gasteiger charge is -2.23. The lowest BCUT2D eigenvalue weighted by Crippen LogP contribution is -2.15. The quantitative estimate of drug-likeness (QED) is 0.765. The van der Waals surface area contributed by atoms with Gasteiger partial charge in [-0.15, -0.1) is 0 Å². The normalized spacial score (nSPS) is 10.2. The Labute approximate surface area is 102 Å². The van der Waals surface area contributed by atoms with Crippen molar-refractivity contribution in [2.75, 3.05) is 11.4 Å². The van der Waals surface area contributed by atoms with Crippen LogP contribution >= 0.6 is 0 Å². The Bertz CT molecular complexity index is 491. The summed E-state index contributed by atoms with van der Waals surface area (Å²) in [6, 6.07) is 15.4. The van der Waals surface area contributed by atoms with E-state index in [-0.39, 0.29) is 5.75 Å². The average Bonchev–Trinajstić information content (AvgIpc) is 2.35. The Morgan fingerprint density at radius 2 is 1.65 bits per heavy atom. The van der Waals surface area contributed by atoms with Crippen LogP contribution in [0.15, 0.2) is 48.5 Å². The zero-order valence-electron chi connectivity index (χ0n) is 10.2. The van der Waals surface area contributed by atoms with E-state index >= 15 is 0 Å². The Morgan fingerprint density at radius 1 is 1.00 bits per heavy atom. The SMILES string of the molecule is CCN(c1ccc(C)cc1)c1ccccc1[O]. The van der Waals surface area contributed by atoms with Gasteiger partial charge in [-0.3, -0.25) is 5.11 Å². The largest absolute Gasteiger partial charge is 0.339 e. The van der Waals surface area contributed by atoms with E-state index in [0.717, 1.165) is 17.9 Å². The highest BCUT2D eigenvalue weighted by Gasteiger charge is 2.11. The van der Waals surface area contributed by atoms with Crippen molar-refractivity contribution in [1.29, 1.82) is 0 Å². The van der Waals surface area contributed by atoms with Crippen molar-refractivity contribution in [2.45, 2.75) is 13.8 Å². The molecule has 0 amide bonds. The molecule has 0 heterocycles. The van der Waals surface area contributed by atoms with Crippen LogP contribution in [0.5, 0.6) is 5.75 Å². The van der Waals surface area contributed by atoms with Gasteiger partial charge in [-0.05, 0) is 38.1 Å². The fraction of sp³-hybridized carbons (Fsp3) is 0.200. The average molecular weight is 226 g/mol. The van der Waals surface area contributed by atoms with Crippen LogP contribution in [0, 0.1) is 6.92 Å². The molecule has 2 heteroatoms. The molecule has 0 aliphatic rings. The Kier molecular flexibility index (Phi) is 3.33. The van der Waals surface area contributed by atoms with E-state index < -0.39 is 0 Å². The van der Waals surface area contributed by atoms with Gasteiger partial charge in [0, 0.05) is 12.2 Å². The number of hydrogen-bond acceptors (Lipinski definition) is 1. The van der Waals surface area contributed by atoms with E-state index in [2.05, 4.69) is 19.1 Å². The molecule has 0 N–H and O–H groups in total. The highest BCUT2D eigenvalue weighted by Crippen LogP contribution is 2.32. The molecular formula is C15H16NO. The molecule has 0 atom stereocenters. The van der Waals surface area contributed by atoms with Crippen molar-refractivity contribution < 1.29 is 5.11 Å². The van der Waals surface area contributed by atoms with Crippen molar-refractivity contribution in [1.82, 2.24) is 0 Å². The number of rotatable bonds is 3. The summed E-state index contributed by atoms with van der Waals surface area (Å²) in [7, 11) is 0. The fourth-order valence-electron chi connectivity index (χ4n) is 1.90. The maximum Gasteiger partial charge on any atom is 0.202 e. The molecule has 0 bridgehead atoms. The van der Waals surface area contributed by atoms with Gasteiger partial charge in [0.2, 0.25) is 5.75 Å². The van der Waals surface area contributed by atoms with Gasteiger partial charge < -0.3 is 4.90 Å². The summed E-state index contributed by atoms with van der Waals surface area (Å²) in [5, 5.41) is 11.8. The molecule has 2 aromatic carbocycles. The lowest BCUT2D eigenvalue weighted by molar-refractivity contribution is 0.356. The molecule has 1 radical (unpaired) electrons. The molecule has 0 aromatic heterocycles. The van der Waals surface area contributed by atoms with Crippen molar-refractivity contribution >= 4 is 11.4 Å². The van der Waals surface area contributed by atoms with Crippen LogP contribution in [0.1, 0.15) is 12.5 Å². The standard InChI is InChI=1S/C15H16NO/c1-3-16(13-10-8-12(2)9-11-13)14-6-4-5-7-15(14)17/h4-11H,3H2,1-2H3. The zero-order valence-corrected chi connectivity index (χ0v) is 10.2. The first-order valence-electron chi connectivity index (χ1n) is 5.82.